The van der Waals surface area contributed by atoms with Crippen LogP contribution < -0.4 is 10.1 Å². The van der Waals surface area contributed by atoms with E-state index in [0.717, 1.165) is 0 Å². The zero-order valence-electron chi connectivity index (χ0n) is 10.2. The predicted molar refractivity (Wildman–Crippen MR) is 63.7 cm³/mol. The molecule has 0 spiro atoms. The lowest BCUT2D eigenvalue weighted by atomic mass is 10.3. The Bertz CT molecular complexity index is 528. The monoisotopic (exact) mass is 251 g/mol. The first-order valence-electron chi connectivity index (χ1n) is 5.58. The predicted octanol–water partition coefficient (Wildman–Crippen LogP) is 1.36. The van der Waals surface area contributed by atoms with Crippen molar-refractivity contribution in [3.05, 3.63) is 29.8 Å². The lowest BCUT2D eigenvalue weighted by Gasteiger charge is -2.07. The molecule has 0 aliphatic carbocycles. The number of tetrazole rings is 1. The number of anilines is 1. The average molecular weight is 251 g/mol. The number of halogens is 1. The fraction of sp³-hybridized carbons (Fsp3) is 0.364. The van der Waals surface area contributed by atoms with Crippen molar-refractivity contribution in [2.24, 2.45) is 7.05 Å². The standard InChI is InChI=1S/C11H14FN5O/c1-3-18-10-5-4-8(6-9(10)12)13-7-11-14-16-17(2)15-11/h4-6,13H,3,7H2,1-2H3. The van der Waals surface area contributed by atoms with Gasteiger partial charge in [0.25, 0.3) is 0 Å². The van der Waals surface area contributed by atoms with Crippen LogP contribution in [0.1, 0.15) is 12.7 Å². The van der Waals surface area contributed by atoms with Gasteiger partial charge >= 0.3 is 0 Å². The van der Waals surface area contributed by atoms with Crippen molar-refractivity contribution >= 4 is 5.69 Å². The van der Waals surface area contributed by atoms with Gasteiger partial charge in [0, 0.05) is 11.8 Å². The van der Waals surface area contributed by atoms with E-state index in [0.29, 0.717) is 24.7 Å². The van der Waals surface area contributed by atoms with Gasteiger partial charge in [-0.1, -0.05) is 0 Å². The van der Waals surface area contributed by atoms with Gasteiger partial charge in [-0.05, 0) is 24.3 Å². The zero-order valence-corrected chi connectivity index (χ0v) is 10.2. The second-order valence-electron chi connectivity index (χ2n) is 3.63. The van der Waals surface area contributed by atoms with Crippen LogP contribution in [0.15, 0.2) is 18.2 Å². The molecule has 0 amide bonds. The lowest BCUT2D eigenvalue weighted by molar-refractivity contribution is 0.321. The Morgan fingerprint density at radius 3 is 2.89 bits per heavy atom. The third kappa shape index (κ3) is 2.93. The molecular formula is C11H14FN5O. The van der Waals surface area contributed by atoms with Crippen LogP contribution in [0.4, 0.5) is 10.1 Å². The number of aromatic nitrogens is 4. The van der Waals surface area contributed by atoms with Gasteiger partial charge in [0.2, 0.25) is 0 Å². The fourth-order valence-corrected chi connectivity index (χ4v) is 1.46. The number of aryl methyl sites for hydroxylation is 1. The largest absolute Gasteiger partial charge is 0.491 e. The highest BCUT2D eigenvalue weighted by Gasteiger charge is 2.05. The van der Waals surface area contributed by atoms with E-state index < -0.39 is 5.82 Å². The molecule has 0 bridgehead atoms. The molecule has 6 nitrogen and oxygen atoms in total. The van der Waals surface area contributed by atoms with E-state index in [4.69, 9.17) is 4.74 Å². The maximum Gasteiger partial charge on any atom is 0.193 e. The molecule has 0 fully saturated rings. The normalized spacial score (nSPS) is 10.4. The van der Waals surface area contributed by atoms with Crippen molar-refractivity contribution in [2.75, 3.05) is 11.9 Å². The number of hydrogen-bond acceptors (Lipinski definition) is 5. The molecule has 0 aliphatic heterocycles. The van der Waals surface area contributed by atoms with Gasteiger partial charge in [-0.3, -0.25) is 0 Å². The summed E-state index contributed by atoms with van der Waals surface area (Å²) in [5.74, 6) is 0.404. The van der Waals surface area contributed by atoms with Gasteiger partial charge in [0.05, 0.1) is 20.2 Å². The van der Waals surface area contributed by atoms with E-state index in [2.05, 4.69) is 20.7 Å². The van der Waals surface area contributed by atoms with Crippen LogP contribution in [-0.4, -0.2) is 26.8 Å². The molecular weight excluding hydrogens is 237 g/mol. The van der Waals surface area contributed by atoms with Crippen molar-refractivity contribution < 1.29 is 9.13 Å². The summed E-state index contributed by atoms with van der Waals surface area (Å²) in [4.78, 5) is 1.37. The molecule has 1 aromatic heterocycles. The molecule has 1 N–H and O–H groups in total. The summed E-state index contributed by atoms with van der Waals surface area (Å²) in [5, 5.41) is 14.5. The van der Waals surface area contributed by atoms with E-state index in [-0.39, 0.29) is 5.75 Å². The van der Waals surface area contributed by atoms with Crippen molar-refractivity contribution in [3.8, 4) is 5.75 Å². The van der Waals surface area contributed by atoms with Crippen molar-refractivity contribution in [3.63, 3.8) is 0 Å². The third-order valence-corrected chi connectivity index (χ3v) is 2.23. The summed E-state index contributed by atoms with van der Waals surface area (Å²) < 4.78 is 18.7. The summed E-state index contributed by atoms with van der Waals surface area (Å²) in [6.07, 6.45) is 0. The summed E-state index contributed by atoms with van der Waals surface area (Å²) in [5.41, 5.74) is 0.642. The molecule has 1 aromatic carbocycles. The third-order valence-electron chi connectivity index (χ3n) is 2.23. The Hall–Kier alpha value is -2.18. The maximum absolute atomic E-state index is 13.6. The van der Waals surface area contributed by atoms with Gasteiger partial charge in [-0.2, -0.15) is 4.80 Å². The van der Waals surface area contributed by atoms with Crippen molar-refractivity contribution in [1.29, 1.82) is 0 Å². The van der Waals surface area contributed by atoms with Gasteiger partial charge in [-0.25, -0.2) is 4.39 Å². The summed E-state index contributed by atoms with van der Waals surface area (Å²) in [6, 6.07) is 4.71. The minimum atomic E-state index is -0.394. The second-order valence-corrected chi connectivity index (χ2v) is 3.63. The molecule has 2 rings (SSSR count). The van der Waals surface area contributed by atoms with Crippen LogP contribution in [0.25, 0.3) is 0 Å². The van der Waals surface area contributed by atoms with E-state index in [1.54, 1.807) is 19.2 Å². The second kappa shape index (κ2) is 5.44. The molecule has 0 unspecified atom stereocenters. The maximum atomic E-state index is 13.6. The highest BCUT2D eigenvalue weighted by Crippen LogP contribution is 2.21. The van der Waals surface area contributed by atoms with E-state index in [1.807, 2.05) is 6.92 Å². The van der Waals surface area contributed by atoms with E-state index in [1.165, 1.54) is 10.9 Å². The molecule has 18 heavy (non-hydrogen) atoms. The van der Waals surface area contributed by atoms with Gasteiger partial charge < -0.3 is 10.1 Å². The number of benzene rings is 1. The van der Waals surface area contributed by atoms with Crippen molar-refractivity contribution in [2.45, 2.75) is 13.5 Å². The quantitative estimate of drug-likeness (QED) is 0.869. The summed E-state index contributed by atoms with van der Waals surface area (Å²) in [6.45, 7) is 2.64. The minimum Gasteiger partial charge on any atom is -0.491 e. The van der Waals surface area contributed by atoms with E-state index >= 15 is 0 Å². The molecule has 0 aliphatic rings. The number of ether oxygens (including phenoxy) is 1. The molecule has 0 atom stereocenters. The molecule has 7 heteroatoms. The summed E-state index contributed by atoms with van der Waals surface area (Å²) >= 11 is 0. The van der Waals surface area contributed by atoms with Gasteiger partial charge in [0.1, 0.15) is 0 Å². The number of hydrogen-bond donors (Lipinski definition) is 1. The molecule has 1 heterocycles. The van der Waals surface area contributed by atoms with Crippen LogP contribution in [0.3, 0.4) is 0 Å². The SMILES string of the molecule is CCOc1ccc(NCc2nnn(C)n2)cc1F. The Morgan fingerprint density at radius 1 is 1.44 bits per heavy atom. The van der Waals surface area contributed by atoms with Crippen LogP contribution in [0.2, 0.25) is 0 Å². The van der Waals surface area contributed by atoms with Crippen LogP contribution in [0.5, 0.6) is 5.75 Å². The number of nitrogens with one attached hydrogen (secondary N) is 1. The Labute approximate surface area is 104 Å². The smallest absolute Gasteiger partial charge is 0.193 e. The van der Waals surface area contributed by atoms with Gasteiger partial charge in [-0.15, -0.1) is 10.2 Å². The zero-order chi connectivity index (χ0) is 13.0. The van der Waals surface area contributed by atoms with Crippen LogP contribution in [-0.2, 0) is 13.6 Å². The Morgan fingerprint density at radius 2 is 2.28 bits per heavy atom. The first kappa shape index (κ1) is 12.3. The first-order valence-corrected chi connectivity index (χ1v) is 5.58. The van der Waals surface area contributed by atoms with Crippen molar-refractivity contribution in [1.82, 2.24) is 20.2 Å². The minimum absolute atomic E-state index is 0.251. The van der Waals surface area contributed by atoms with E-state index in [9.17, 15) is 4.39 Å². The average Bonchev–Trinajstić information content (AvgIpc) is 2.76. The number of rotatable bonds is 5. The molecule has 0 saturated carbocycles. The highest BCUT2D eigenvalue weighted by atomic mass is 19.1. The highest BCUT2D eigenvalue weighted by molar-refractivity contribution is 5.47. The first-order chi connectivity index (χ1) is 8.69. The molecule has 2 aromatic rings. The van der Waals surface area contributed by atoms with Crippen LogP contribution in [0, 0.1) is 5.82 Å². The lowest BCUT2D eigenvalue weighted by Crippen LogP contribution is -2.03. The fourth-order valence-electron chi connectivity index (χ4n) is 1.46. The molecule has 96 valence electrons. The molecule has 0 radical (unpaired) electrons. The topological polar surface area (TPSA) is 64.9 Å². The Kier molecular flexibility index (Phi) is 3.71. The number of nitrogens with zero attached hydrogens (tertiary/aromatic N) is 4. The van der Waals surface area contributed by atoms with Gasteiger partial charge in [0.15, 0.2) is 17.4 Å². The Balaban J connectivity index is 1.99. The molecule has 0 saturated heterocycles. The summed E-state index contributed by atoms with van der Waals surface area (Å²) in [7, 11) is 1.69. The van der Waals surface area contributed by atoms with Crippen LogP contribution >= 0.6 is 0 Å².